The minimum atomic E-state index is -0.808. The van der Waals surface area contributed by atoms with E-state index in [1.54, 1.807) is 18.6 Å². The van der Waals surface area contributed by atoms with Crippen LogP contribution >= 0.6 is 0 Å². The molecule has 4 aromatic rings. The second-order valence-electron chi connectivity index (χ2n) is 6.04. The Morgan fingerprint density at radius 1 is 1.12 bits per heavy atom. The second-order valence-corrected chi connectivity index (χ2v) is 6.04. The van der Waals surface area contributed by atoms with E-state index in [1.165, 1.54) is 0 Å². The van der Waals surface area contributed by atoms with Gasteiger partial charge in [0.25, 0.3) is 0 Å². The summed E-state index contributed by atoms with van der Waals surface area (Å²) in [6.45, 7) is 2.62. The number of aliphatic hydroxyl groups is 1. The minimum Gasteiger partial charge on any atom is -0.380 e. The van der Waals surface area contributed by atoms with Crippen molar-refractivity contribution in [2.24, 2.45) is 0 Å². The second kappa shape index (κ2) is 6.45. The highest BCUT2D eigenvalue weighted by Gasteiger charge is 2.17. The third-order valence-electron chi connectivity index (χ3n) is 4.26. The molecule has 1 atom stereocenters. The van der Waals surface area contributed by atoms with Crippen LogP contribution in [-0.4, -0.2) is 24.6 Å². The van der Waals surface area contributed by atoms with Crippen molar-refractivity contribution in [2.45, 2.75) is 19.6 Å². The molecule has 4 rings (SSSR count). The average molecular weight is 330 g/mol. The van der Waals surface area contributed by atoms with E-state index in [4.69, 9.17) is 0 Å². The molecule has 0 bridgehead atoms. The highest BCUT2D eigenvalue weighted by Crippen LogP contribution is 2.23. The van der Waals surface area contributed by atoms with E-state index in [-0.39, 0.29) is 0 Å². The standard InChI is InChI=1S/C20H18N4O/c1-14-11-16(17-6-2-3-7-18(17)23-14)13-24-10-9-22-20(24)19(25)15-5-4-8-21-12-15/h2-12,19,25H,13H2,1H3. The van der Waals surface area contributed by atoms with Gasteiger partial charge in [0.15, 0.2) is 0 Å². The highest BCUT2D eigenvalue weighted by molar-refractivity contribution is 5.82. The van der Waals surface area contributed by atoms with Crippen LogP contribution in [0.2, 0.25) is 0 Å². The Hall–Kier alpha value is -3.05. The third kappa shape index (κ3) is 3.02. The lowest BCUT2D eigenvalue weighted by Crippen LogP contribution is -2.11. The van der Waals surface area contributed by atoms with Crippen LogP contribution in [0, 0.1) is 6.92 Å². The summed E-state index contributed by atoms with van der Waals surface area (Å²) >= 11 is 0. The molecular formula is C20H18N4O. The first-order valence-corrected chi connectivity index (χ1v) is 8.16. The first-order chi connectivity index (χ1) is 12.2. The van der Waals surface area contributed by atoms with Crippen LogP contribution < -0.4 is 0 Å². The summed E-state index contributed by atoms with van der Waals surface area (Å²) in [7, 11) is 0. The van der Waals surface area contributed by atoms with Gasteiger partial charge in [-0.25, -0.2) is 4.98 Å². The maximum absolute atomic E-state index is 10.7. The quantitative estimate of drug-likeness (QED) is 0.624. The fourth-order valence-corrected chi connectivity index (χ4v) is 3.10. The number of nitrogens with zero attached hydrogens (tertiary/aromatic N) is 4. The first kappa shape index (κ1) is 15.5. The van der Waals surface area contributed by atoms with Crippen molar-refractivity contribution in [3.63, 3.8) is 0 Å². The van der Waals surface area contributed by atoms with Crippen molar-refractivity contribution >= 4 is 10.9 Å². The van der Waals surface area contributed by atoms with Gasteiger partial charge in [0.1, 0.15) is 11.9 Å². The molecular weight excluding hydrogens is 312 g/mol. The lowest BCUT2D eigenvalue weighted by molar-refractivity contribution is 0.205. The van der Waals surface area contributed by atoms with Crippen LogP contribution in [-0.2, 0) is 6.54 Å². The van der Waals surface area contributed by atoms with E-state index in [2.05, 4.69) is 27.1 Å². The number of pyridine rings is 2. The average Bonchev–Trinajstić information content (AvgIpc) is 3.10. The SMILES string of the molecule is Cc1cc(Cn2ccnc2C(O)c2cccnc2)c2ccccc2n1. The van der Waals surface area contributed by atoms with E-state index < -0.39 is 6.10 Å². The fraction of sp³-hybridized carbons (Fsp3) is 0.150. The van der Waals surface area contributed by atoms with Gasteiger partial charge in [0.2, 0.25) is 0 Å². The van der Waals surface area contributed by atoms with Crippen molar-refractivity contribution in [3.05, 3.63) is 89.9 Å². The highest BCUT2D eigenvalue weighted by atomic mass is 16.3. The van der Waals surface area contributed by atoms with Crippen LogP contribution in [0.3, 0.4) is 0 Å². The number of aliphatic hydroxyl groups excluding tert-OH is 1. The van der Waals surface area contributed by atoms with Crippen LogP contribution in [0.25, 0.3) is 10.9 Å². The molecule has 0 aliphatic carbocycles. The van der Waals surface area contributed by atoms with E-state index in [9.17, 15) is 5.11 Å². The number of imidazole rings is 1. The molecule has 1 aromatic carbocycles. The summed E-state index contributed by atoms with van der Waals surface area (Å²) in [4.78, 5) is 13.0. The normalized spacial score (nSPS) is 12.4. The zero-order valence-corrected chi connectivity index (χ0v) is 13.9. The molecule has 0 aliphatic heterocycles. The molecule has 0 saturated carbocycles. The monoisotopic (exact) mass is 330 g/mol. The molecule has 1 N–H and O–H groups in total. The van der Waals surface area contributed by atoms with Gasteiger partial charge >= 0.3 is 0 Å². The largest absolute Gasteiger partial charge is 0.380 e. The van der Waals surface area contributed by atoms with Gasteiger partial charge in [-0.2, -0.15) is 0 Å². The van der Waals surface area contributed by atoms with Crippen molar-refractivity contribution in [3.8, 4) is 0 Å². The predicted octanol–water partition coefficient (Wildman–Crippen LogP) is 3.26. The van der Waals surface area contributed by atoms with E-state index in [0.717, 1.165) is 27.7 Å². The van der Waals surface area contributed by atoms with E-state index >= 15 is 0 Å². The Morgan fingerprint density at radius 3 is 2.84 bits per heavy atom. The molecule has 0 aliphatic rings. The Kier molecular flexibility index (Phi) is 3.99. The Morgan fingerprint density at radius 2 is 2.00 bits per heavy atom. The van der Waals surface area contributed by atoms with Crippen LogP contribution in [0.1, 0.15) is 28.7 Å². The van der Waals surface area contributed by atoms with E-state index in [1.807, 2.05) is 48.0 Å². The van der Waals surface area contributed by atoms with Crippen molar-refractivity contribution in [1.29, 1.82) is 0 Å². The Bertz CT molecular complexity index is 1010. The number of aryl methyl sites for hydroxylation is 1. The maximum Gasteiger partial charge on any atom is 0.142 e. The molecule has 3 heterocycles. The number of aromatic nitrogens is 4. The smallest absolute Gasteiger partial charge is 0.142 e. The molecule has 124 valence electrons. The topological polar surface area (TPSA) is 63.8 Å². The molecule has 5 heteroatoms. The number of rotatable bonds is 4. The van der Waals surface area contributed by atoms with Crippen LogP contribution in [0.4, 0.5) is 0 Å². The first-order valence-electron chi connectivity index (χ1n) is 8.16. The van der Waals surface area contributed by atoms with Crippen LogP contribution in [0.5, 0.6) is 0 Å². The zero-order valence-electron chi connectivity index (χ0n) is 13.9. The summed E-state index contributed by atoms with van der Waals surface area (Å²) in [6, 6.07) is 13.8. The lowest BCUT2D eigenvalue weighted by atomic mass is 10.1. The molecule has 1 unspecified atom stereocenters. The zero-order chi connectivity index (χ0) is 17.2. The third-order valence-corrected chi connectivity index (χ3v) is 4.26. The molecule has 0 radical (unpaired) electrons. The predicted molar refractivity (Wildman–Crippen MR) is 96.1 cm³/mol. The van der Waals surface area contributed by atoms with Gasteiger partial charge in [-0.15, -0.1) is 0 Å². The number of hydrogen-bond acceptors (Lipinski definition) is 4. The van der Waals surface area contributed by atoms with Gasteiger partial charge in [-0.05, 0) is 30.7 Å². The Balaban J connectivity index is 1.73. The van der Waals surface area contributed by atoms with Crippen molar-refractivity contribution in [1.82, 2.24) is 19.5 Å². The lowest BCUT2D eigenvalue weighted by Gasteiger charge is -2.15. The molecule has 25 heavy (non-hydrogen) atoms. The molecule has 0 fully saturated rings. The fourth-order valence-electron chi connectivity index (χ4n) is 3.10. The van der Waals surface area contributed by atoms with Gasteiger partial charge < -0.3 is 9.67 Å². The number of benzene rings is 1. The number of para-hydroxylation sites is 1. The van der Waals surface area contributed by atoms with Crippen molar-refractivity contribution < 1.29 is 5.11 Å². The maximum atomic E-state index is 10.7. The summed E-state index contributed by atoms with van der Waals surface area (Å²) < 4.78 is 1.97. The summed E-state index contributed by atoms with van der Waals surface area (Å²) in [5.41, 5.74) is 3.83. The molecule has 3 aromatic heterocycles. The van der Waals surface area contributed by atoms with Crippen molar-refractivity contribution in [2.75, 3.05) is 0 Å². The van der Waals surface area contributed by atoms with Gasteiger partial charge in [0, 0.05) is 48.0 Å². The van der Waals surface area contributed by atoms with Gasteiger partial charge in [-0.1, -0.05) is 24.3 Å². The number of hydrogen-bond donors (Lipinski definition) is 1. The molecule has 0 amide bonds. The molecule has 5 nitrogen and oxygen atoms in total. The summed E-state index contributed by atoms with van der Waals surface area (Å²) in [5.74, 6) is 0.603. The summed E-state index contributed by atoms with van der Waals surface area (Å²) in [6.07, 6.45) is 6.15. The molecule has 0 spiro atoms. The van der Waals surface area contributed by atoms with Gasteiger partial charge in [-0.3, -0.25) is 9.97 Å². The number of fused-ring (bicyclic) bond motifs is 1. The van der Waals surface area contributed by atoms with Crippen LogP contribution in [0.15, 0.2) is 67.3 Å². The minimum absolute atomic E-state index is 0.603. The Labute approximate surface area is 145 Å². The molecule has 0 saturated heterocycles. The van der Waals surface area contributed by atoms with Gasteiger partial charge in [0.05, 0.1) is 5.52 Å². The van der Waals surface area contributed by atoms with E-state index in [0.29, 0.717) is 12.4 Å². The summed E-state index contributed by atoms with van der Waals surface area (Å²) in [5, 5.41) is 11.8.